The van der Waals surface area contributed by atoms with E-state index in [9.17, 15) is 14.7 Å². The Morgan fingerprint density at radius 1 is 1.38 bits per heavy atom. The molecule has 0 radical (unpaired) electrons. The molecular weight excluding hydrogens is 274 g/mol. The van der Waals surface area contributed by atoms with Crippen LogP contribution in [-0.4, -0.2) is 46.5 Å². The van der Waals surface area contributed by atoms with Gasteiger partial charge in [0, 0.05) is 6.20 Å². The zero-order chi connectivity index (χ0) is 15.2. The van der Waals surface area contributed by atoms with Crippen LogP contribution in [0.25, 0.3) is 5.69 Å². The Kier molecular flexibility index (Phi) is 4.68. The predicted molar refractivity (Wildman–Crippen MR) is 73.9 cm³/mol. The summed E-state index contributed by atoms with van der Waals surface area (Å²) in [6.07, 6.45) is 1.59. The van der Waals surface area contributed by atoms with E-state index in [0.717, 1.165) is 12.8 Å². The van der Waals surface area contributed by atoms with Crippen LogP contribution in [0, 0.1) is 0 Å². The summed E-state index contributed by atoms with van der Waals surface area (Å²) >= 11 is 0. The number of benzene rings is 1. The minimum atomic E-state index is -1.39. The first-order chi connectivity index (χ1) is 10.1. The Morgan fingerprint density at radius 2 is 2.10 bits per heavy atom. The highest BCUT2D eigenvalue weighted by Gasteiger charge is 2.17. The van der Waals surface area contributed by atoms with E-state index >= 15 is 0 Å². The summed E-state index contributed by atoms with van der Waals surface area (Å²) in [4.78, 5) is 22.9. The van der Waals surface area contributed by atoms with Gasteiger partial charge in [-0.25, -0.2) is 9.48 Å². The minimum absolute atomic E-state index is 0.220. The minimum Gasteiger partial charge on any atom is -0.467 e. The third kappa shape index (κ3) is 3.67. The number of rotatable bonds is 5. The molecule has 1 atom stereocenters. The number of carbonyl (C=O) groups excluding carboxylic acids is 2. The fraction of sp³-hybridized carbons (Fsp3) is 0.214. The summed E-state index contributed by atoms with van der Waals surface area (Å²) < 4.78 is 5.92. The average Bonchev–Trinajstić information content (AvgIpc) is 3.02. The second-order valence-electron chi connectivity index (χ2n) is 4.26. The molecule has 0 fully saturated rings. The number of nitrogens with one attached hydrogen (secondary N) is 1. The van der Waals surface area contributed by atoms with Gasteiger partial charge in [0.2, 0.25) is 0 Å². The van der Waals surface area contributed by atoms with Crippen LogP contribution in [0.2, 0.25) is 0 Å². The molecule has 110 valence electrons. The number of nitrogens with zero attached hydrogens (tertiary/aromatic N) is 2. The molecule has 1 amide bonds. The summed E-state index contributed by atoms with van der Waals surface area (Å²) in [5.74, 6) is -1.23. The van der Waals surface area contributed by atoms with Gasteiger partial charge < -0.3 is 15.2 Å². The van der Waals surface area contributed by atoms with Crippen LogP contribution >= 0.6 is 0 Å². The molecule has 0 saturated heterocycles. The van der Waals surface area contributed by atoms with Crippen LogP contribution in [0.1, 0.15) is 10.4 Å². The van der Waals surface area contributed by atoms with Crippen molar-refractivity contribution in [1.29, 1.82) is 0 Å². The Labute approximate surface area is 121 Å². The van der Waals surface area contributed by atoms with Crippen molar-refractivity contribution >= 4 is 11.9 Å². The first-order valence-corrected chi connectivity index (χ1v) is 6.26. The van der Waals surface area contributed by atoms with Crippen LogP contribution in [0.15, 0.2) is 42.7 Å². The molecule has 0 spiro atoms. The highest BCUT2D eigenvalue weighted by Crippen LogP contribution is 2.07. The van der Waals surface area contributed by atoms with E-state index in [1.807, 2.05) is 30.3 Å². The van der Waals surface area contributed by atoms with Gasteiger partial charge in [0.05, 0.1) is 31.1 Å². The van der Waals surface area contributed by atoms with Crippen molar-refractivity contribution in [2.75, 3.05) is 13.7 Å². The van der Waals surface area contributed by atoms with Crippen LogP contribution in [0.4, 0.5) is 0 Å². The number of ether oxygens (including phenoxy) is 1. The molecule has 1 aromatic heterocycles. The van der Waals surface area contributed by atoms with Gasteiger partial charge in [-0.15, -0.1) is 0 Å². The topological polar surface area (TPSA) is 93.4 Å². The molecule has 2 N–H and O–H groups in total. The van der Waals surface area contributed by atoms with Crippen LogP contribution in [-0.2, 0) is 9.53 Å². The van der Waals surface area contributed by atoms with Gasteiger partial charge in [-0.05, 0) is 12.1 Å². The van der Waals surface area contributed by atoms with Gasteiger partial charge >= 0.3 is 5.97 Å². The van der Waals surface area contributed by atoms with Gasteiger partial charge in [-0.3, -0.25) is 4.79 Å². The first-order valence-electron chi connectivity index (χ1n) is 6.26. The maximum absolute atomic E-state index is 11.9. The number of amides is 1. The molecule has 7 nitrogen and oxygen atoms in total. The molecule has 1 heterocycles. The van der Waals surface area contributed by atoms with Gasteiger partial charge in [-0.1, -0.05) is 18.2 Å². The lowest BCUT2D eigenvalue weighted by atomic mass is 10.3. The zero-order valence-electron chi connectivity index (χ0n) is 11.4. The van der Waals surface area contributed by atoms with E-state index in [0.29, 0.717) is 5.56 Å². The Bertz CT molecular complexity index is 624. The smallest absolute Gasteiger partial charge is 0.336 e. The lowest BCUT2D eigenvalue weighted by Gasteiger charge is -2.08. The van der Waals surface area contributed by atoms with Crippen molar-refractivity contribution in [2.45, 2.75) is 6.10 Å². The third-order valence-corrected chi connectivity index (χ3v) is 2.79. The Morgan fingerprint density at radius 3 is 2.76 bits per heavy atom. The quantitative estimate of drug-likeness (QED) is 0.763. The fourth-order valence-electron chi connectivity index (χ4n) is 1.67. The molecule has 2 rings (SSSR count). The number of para-hydroxylation sites is 1. The van der Waals surface area contributed by atoms with Crippen molar-refractivity contribution in [1.82, 2.24) is 15.1 Å². The summed E-state index contributed by atoms with van der Waals surface area (Å²) in [5, 5.41) is 15.9. The molecule has 2 aromatic rings. The number of carbonyl (C=O) groups is 2. The molecule has 1 aromatic carbocycles. The SMILES string of the molecule is COC(=O)C(O)CNC(=O)c1cnn(-c2ccccc2)c1. The van der Waals surface area contributed by atoms with E-state index in [-0.39, 0.29) is 6.54 Å². The number of esters is 1. The van der Waals surface area contributed by atoms with Crippen LogP contribution in [0.5, 0.6) is 0 Å². The third-order valence-electron chi connectivity index (χ3n) is 2.79. The first kappa shape index (κ1) is 14.7. The number of methoxy groups -OCH3 is 1. The second-order valence-corrected chi connectivity index (χ2v) is 4.26. The van der Waals surface area contributed by atoms with Crippen LogP contribution < -0.4 is 5.32 Å². The maximum Gasteiger partial charge on any atom is 0.336 e. The molecular formula is C14H15N3O4. The van der Waals surface area contributed by atoms with Gasteiger partial charge in [0.25, 0.3) is 5.91 Å². The molecule has 0 bridgehead atoms. The van der Waals surface area contributed by atoms with E-state index in [1.165, 1.54) is 6.20 Å². The second kappa shape index (κ2) is 6.67. The standard InChI is InChI=1S/C14H15N3O4/c1-21-14(20)12(18)8-15-13(19)10-7-16-17(9-10)11-5-3-2-4-6-11/h2-7,9,12,18H,8H2,1H3,(H,15,19). The average molecular weight is 289 g/mol. The molecule has 0 aliphatic carbocycles. The van der Waals surface area contributed by atoms with Gasteiger partial charge in [0.15, 0.2) is 6.10 Å². The lowest BCUT2D eigenvalue weighted by Crippen LogP contribution is -2.37. The van der Waals surface area contributed by atoms with E-state index in [4.69, 9.17) is 0 Å². The molecule has 0 aliphatic heterocycles. The normalized spacial score (nSPS) is 11.7. The Balaban J connectivity index is 1.98. The maximum atomic E-state index is 11.9. The summed E-state index contributed by atoms with van der Waals surface area (Å²) in [6.45, 7) is -0.220. The van der Waals surface area contributed by atoms with Crippen LogP contribution in [0.3, 0.4) is 0 Å². The molecule has 0 saturated carbocycles. The molecule has 0 aliphatic rings. The number of hydrogen-bond acceptors (Lipinski definition) is 5. The van der Waals surface area contributed by atoms with E-state index < -0.39 is 18.0 Å². The Hall–Kier alpha value is -2.67. The number of aliphatic hydroxyl groups is 1. The van der Waals surface area contributed by atoms with Gasteiger partial charge in [0.1, 0.15) is 0 Å². The fourth-order valence-corrected chi connectivity index (χ4v) is 1.67. The number of aromatic nitrogens is 2. The monoisotopic (exact) mass is 289 g/mol. The zero-order valence-corrected chi connectivity index (χ0v) is 11.4. The van der Waals surface area contributed by atoms with Gasteiger partial charge in [-0.2, -0.15) is 5.10 Å². The van der Waals surface area contributed by atoms with E-state index in [1.54, 1.807) is 10.9 Å². The van der Waals surface area contributed by atoms with Crippen molar-refractivity contribution in [3.8, 4) is 5.69 Å². The highest BCUT2D eigenvalue weighted by molar-refractivity contribution is 5.94. The van der Waals surface area contributed by atoms with Crippen molar-refractivity contribution < 1.29 is 19.4 Å². The summed E-state index contributed by atoms with van der Waals surface area (Å²) in [7, 11) is 1.16. The van der Waals surface area contributed by atoms with Crippen molar-refractivity contribution in [2.24, 2.45) is 0 Å². The summed E-state index contributed by atoms with van der Waals surface area (Å²) in [6, 6.07) is 9.33. The number of hydrogen-bond donors (Lipinski definition) is 2. The number of aliphatic hydroxyl groups excluding tert-OH is 1. The molecule has 21 heavy (non-hydrogen) atoms. The van der Waals surface area contributed by atoms with E-state index in [2.05, 4.69) is 15.2 Å². The lowest BCUT2D eigenvalue weighted by molar-refractivity contribution is -0.149. The largest absolute Gasteiger partial charge is 0.467 e. The summed E-state index contributed by atoms with van der Waals surface area (Å²) in [5.41, 5.74) is 1.15. The van der Waals surface area contributed by atoms with Crippen molar-refractivity contribution in [3.05, 3.63) is 48.3 Å². The van der Waals surface area contributed by atoms with Crippen molar-refractivity contribution in [3.63, 3.8) is 0 Å². The highest BCUT2D eigenvalue weighted by atomic mass is 16.5. The molecule has 7 heteroatoms. The predicted octanol–water partition coefficient (Wildman–Crippen LogP) is 0.136. The molecule has 1 unspecified atom stereocenters.